The van der Waals surface area contributed by atoms with Gasteiger partial charge in [-0.25, -0.2) is 0 Å². The molecule has 0 fully saturated rings. The molecule has 0 saturated carbocycles. The summed E-state index contributed by atoms with van der Waals surface area (Å²) in [5, 5.41) is 0. The van der Waals surface area contributed by atoms with Gasteiger partial charge in [-0.15, -0.1) is 0 Å². The normalized spacial score (nSPS) is 14.2. The predicted octanol–water partition coefficient (Wildman–Crippen LogP) is 6.41. The van der Waals surface area contributed by atoms with Gasteiger partial charge in [0.25, 0.3) is 0 Å². The van der Waals surface area contributed by atoms with Crippen molar-refractivity contribution in [3.63, 3.8) is 0 Å². The summed E-state index contributed by atoms with van der Waals surface area (Å²) in [5.74, 6) is 2.03. The molecular formula is C22H32N2. The largest absolute Gasteiger partial charge is 0.261 e. The molecule has 2 rings (SSSR count). The van der Waals surface area contributed by atoms with Gasteiger partial charge in [0.05, 0.1) is 0 Å². The summed E-state index contributed by atoms with van der Waals surface area (Å²) in [6.07, 6.45) is 4.30. The Labute approximate surface area is 147 Å². The Balaban J connectivity index is 1.99. The van der Waals surface area contributed by atoms with Gasteiger partial charge in [-0.2, -0.15) is 0 Å². The van der Waals surface area contributed by atoms with Crippen LogP contribution in [0.25, 0.3) is 0 Å². The van der Waals surface area contributed by atoms with Gasteiger partial charge < -0.3 is 0 Å². The van der Waals surface area contributed by atoms with E-state index in [4.69, 9.17) is 4.98 Å². The van der Waals surface area contributed by atoms with Crippen molar-refractivity contribution in [1.82, 2.24) is 9.97 Å². The third kappa shape index (κ3) is 4.90. The zero-order valence-electron chi connectivity index (χ0n) is 16.1. The maximum Gasteiger partial charge on any atom is 0.0435 e. The van der Waals surface area contributed by atoms with E-state index in [1.165, 1.54) is 29.1 Å². The van der Waals surface area contributed by atoms with Crippen LogP contribution in [0.5, 0.6) is 0 Å². The molecule has 0 amide bonds. The van der Waals surface area contributed by atoms with Crippen LogP contribution in [0.1, 0.15) is 101 Å². The van der Waals surface area contributed by atoms with Crippen molar-refractivity contribution < 1.29 is 0 Å². The van der Waals surface area contributed by atoms with E-state index in [1.807, 2.05) is 6.20 Å². The molecule has 0 aliphatic rings. The molecule has 24 heavy (non-hydrogen) atoms. The number of hydrogen-bond acceptors (Lipinski definition) is 2. The Morgan fingerprint density at radius 3 is 2.04 bits per heavy atom. The molecule has 0 bridgehead atoms. The maximum atomic E-state index is 4.85. The van der Waals surface area contributed by atoms with Gasteiger partial charge in [0, 0.05) is 23.3 Å². The number of pyridine rings is 2. The molecule has 2 heterocycles. The molecular weight excluding hydrogens is 292 g/mol. The van der Waals surface area contributed by atoms with Crippen LogP contribution in [-0.4, -0.2) is 9.97 Å². The lowest BCUT2D eigenvalue weighted by molar-refractivity contribution is 0.562. The van der Waals surface area contributed by atoms with Crippen LogP contribution in [0.3, 0.4) is 0 Å². The SMILES string of the molecule is CC(C)c1cc(C(C)CCC(C)c2cccc(C(C)C)n2)ccn1. The van der Waals surface area contributed by atoms with Crippen LogP contribution >= 0.6 is 0 Å². The van der Waals surface area contributed by atoms with E-state index in [0.717, 1.165) is 6.42 Å². The van der Waals surface area contributed by atoms with Crippen LogP contribution in [0.4, 0.5) is 0 Å². The molecule has 2 unspecified atom stereocenters. The molecule has 0 spiro atoms. The highest BCUT2D eigenvalue weighted by Gasteiger charge is 2.13. The molecule has 0 radical (unpaired) electrons. The first-order chi connectivity index (χ1) is 11.4. The van der Waals surface area contributed by atoms with Crippen molar-refractivity contribution in [3.05, 3.63) is 59.2 Å². The minimum absolute atomic E-state index is 0.485. The van der Waals surface area contributed by atoms with Crippen LogP contribution < -0.4 is 0 Å². The molecule has 2 aromatic heterocycles. The lowest BCUT2D eigenvalue weighted by Crippen LogP contribution is -2.04. The molecule has 130 valence electrons. The van der Waals surface area contributed by atoms with Crippen LogP contribution in [0.15, 0.2) is 36.5 Å². The average Bonchev–Trinajstić information content (AvgIpc) is 2.59. The molecule has 2 nitrogen and oxygen atoms in total. The fourth-order valence-electron chi connectivity index (χ4n) is 2.97. The minimum Gasteiger partial charge on any atom is -0.261 e. The van der Waals surface area contributed by atoms with Crippen LogP contribution in [0.2, 0.25) is 0 Å². The minimum atomic E-state index is 0.485. The van der Waals surface area contributed by atoms with E-state index in [9.17, 15) is 0 Å². The Morgan fingerprint density at radius 2 is 1.38 bits per heavy atom. The topological polar surface area (TPSA) is 25.8 Å². The first-order valence-corrected chi connectivity index (χ1v) is 9.31. The van der Waals surface area contributed by atoms with Crippen molar-refractivity contribution in [2.75, 3.05) is 0 Å². The monoisotopic (exact) mass is 324 g/mol. The Morgan fingerprint density at radius 1 is 0.750 bits per heavy atom. The van der Waals surface area contributed by atoms with Crippen molar-refractivity contribution in [3.8, 4) is 0 Å². The number of aromatic nitrogens is 2. The van der Waals surface area contributed by atoms with Crippen molar-refractivity contribution in [2.24, 2.45) is 0 Å². The molecule has 0 aliphatic heterocycles. The number of hydrogen-bond donors (Lipinski definition) is 0. The second-order valence-electron chi connectivity index (χ2n) is 7.69. The molecule has 2 heteroatoms. The highest BCUT2D eigenvalue weighted by atomic mass is 14.7. The molecule has 0 aromatic carbocycles. The first-order valence-electron chi connectivity index (χ1n) is 9.31. The fraction of sp³-hybridized carbons (Fsp3) is 0.545. The quantitative estimate of drug-likeness (QED) is 0.588. The van der Waals surface area contributed by atoms with E-state index in [1.54, 1.807) is 0 Å². The molecule has 2 atom stereocenters. The van der Waals surface area contributed by atoms with Gasteiger partial charge in [0.1, 0.15) is 0 Å². The lowest BCUT2D eigenvalue weighted by Gasteiger charge is -2.17. The van der Waals surface area contributed by atoms with Gasteiger partial charge in [-0.1, -0.05) is 47.6 Å². The summed E-state index contributed by atoms with van der Waals surface area (Å²) >= 11 is 0. The molecule has 0 aliphatic carbocycles. The van der Waals surface area contributed by atoms with Crippen LogP contribution in [-0.2, 0) is 0 Å². The van der Waals surface area contributed by atoms with Gasteiger partial charge >= 0.3 is 0 Å². The second kappa shape index (κ2) is 8.41. The van der Waals surface area contributed by atoms with Crippen LogP contribution in [0, 0.1) is 0 Å². The summed E-state index contributed by atoms with van der Waals surface area (Å²) in [7, 11) is 0. The summed E-state index contributed by atoms with van der Waals surface area (Å²) in [5.41, 5.74) is 5.03. The molecule has 0 saturated heterocycles. The number of nitrogens with zero attached hydrogens (tertiary/aromatic N) is 2. The average molecular weight is 325 g/mol. The second-order valence-corrected chi connectivity index (χ2v) is 7.69. The van der Waals surface area contributed by atoms with E-state index >= 15 is 0 Å². The van der Waals surface area contributed by atoms with E-state index in [2.05, 4.69) is 76.9 Å². The summed E-state index contributed by atoms with van der Waals surface area (Å²) in [6, 6.07) is 10.9. The highest BCUT2D eigenvalue weighted by molar-refractivity contribution is 5.22. The fourth-order valence-corrected chi connectivity index (χ4v) is 2.97. The van der Waals surface area contributed by atoms with Crippen molar-refractivity contribution in [2.45, 2.75) is 78.1 Å². The third-order valence-corrected chi connectivity index (χ3v) is 4.89. The zero-order chi connectivity index (χ0) is 17.7. The summed E-state index contributed by atoms with van der Waals surface area (Å²) in [6.45, 7) is 13.4. The maximum absolute atomic E-state index is 4.85. The van der Waals surface area contributed by atoms with Crippen molar-refractivity contribution >= 4 is 0 Å². The highest BCUT2D eigenvalue weighted by Crippen LogP contribution is 2.28. The Kier molecular flexibility index (Phi) is 6.53. The summed E-state index contributed by atoms with van der Waals surface area (Å²) < 4.78 is 0. The molecule has 2 aromatic rings. The predicted molar refractivity (Wildman–Crippen MR) is 103 cm³/mol. The van der Waals surface area contributed by atoms with Gasteiger partial charge in [-0.3, -0.25) is 9.97 Å². The first kappa shape index (κ1) is 18.6. The van der Waals surface area contributed by atoms with E-state index < -0.39 is 0 Å². The smallest absolute Gasteiger partial charge is 0.0435 e. The van der Waals surface area contributed by atoms with Gasteiger partial charge in [0.15, 0.2) is 0 Å². The standard InChI is InChI=1S/C22H32N2/c1-15(2)20-8-7-9-21(24-20)18(6)11-10-17(5)19-12-13-23-22(14-19)16(3)4/h7-9,12-18H,10-11H2,1-6H3. The Hall–Kier alpha value is -1.70. The Bertz CT molecular complexity index is 588. The summed E-state index contributed by atoms with van der Waals surface area (Å²) in [4.78, 5) is 9.33. The van der Waals surface area contributed by atoms with Gasteiger partial charge in [0.2, 0.25) is 0 Å². The van der Waals surface area contributed by atoms with Crippen molar-refractivity contribution in [1.29, 1.82) is 0 Å². The van der Waals surface area contributed by atoms with Gasteiger partial charge in [-0.05, 0) is 66.3 Å². The lowest BCUT2D eigenvalue weighted by atomic mass is 9.90. The third-order valence-electron chi connectivity index (χ3n) is 4.89. The van der Waals surface area contributed by atoms with E-state index in [0.29, 0.717) is 23.7 Å². The zero-order valence-corrected chi connectivity index (χ0v) is 16.1. The number of rotatable bonds is 7. The van der Waals surface area contributed by atoms with E-state index in [-0.39, 0.29) is 0 Å². The molecule has 0 N–H and O–H groups in total.